The zero-order chi connectivity index (χ0) is 15.4. The van der Waals surface area contributed by atoms with E-state index in [1.807, 2.05) is 30.3 Å². The Labute approximate surface area is 139 Å². The van der Waals surface area contributed by atoms with Crippen LogP contribution in [-0.4, -0.2) is 19.8 Å². The third kappa shape index (κ3) is 1.94. The van der Waals surface area contributed by atoms with Gasteiger partial charge in [0, 0.05) is 11.1 Å². The molecule has 2 aliphatic rings. The Morgan fingerprint density at radius 3 is 2.57 bits per heavy atom. The summed E-state index contributed by atoms with van der Waals surface area (Å²) in [5.74, 6) is 1.61. The van der Waals surface area contributed by atoms with Gasteiger partial charge in [0.25, 0.3) is 0 Å². The maximum Gasteiger partial charge on any atom is 0.185 e. The van der Waals surface area contributed by atoms with Crippen LogP contribution in [0.25, 0.3) is 17.0 Å². The van der Waals surface area contributed by atoms with Crippen molar-refractivity contribution in [2.45, 2.75) is 37.5 Å². The van der Waals surface area contributed by atoms with Crippen molar-refractivity contribution in [2.75, 3.05) is 0 Å². The molecule has 0 aliphatic heterocycles. The first-order valence-electron chi connectivity index (χ1n) is 8.23. The Bertz CT molecular complexity index is 879. The van der Waals surface area contributed by atoms with E-state index in [9.17, 15) is 0 Å². The fourth-order valence-corrected chi connectivity index (χ4v) is 4.85. The molecule has 2 bridgehead atoms. The van der Waals surface area contributed by atoms with E-state index in [-0.39, 0.29) is 5.41 Å². The van der Waals surface area contributed by atoms with Gasteiger partial charge in [-0.05, 0) is 49.5 Å². The SMILES string of the molecule is Clc1nn2c(-c3ccccc3)nnc2cc1C12CCC(CC1)C2. The lowest BCUT2D eigenvalue weighted by atomic mass is 9.78. The van der Waals surface area contributed by atoms with Crippen molar-refractivity contribution in [3.63, 3.8) is 0 Å². The van der Waals surface area contributed by atoms with Gasteiger partial charge in [-0.2, -0.15) is 9.61 Å². The highest BCUT2D eigenvalue weighted by Gasteiger charge is 2.47. The number of hydrogen-bond acceptors (Lipinski definition) is 3. The summed E-state index contributed by atoms with van der Waals surface area (Å²) in [7, 11) is 0. The smallest absolute Gasteiger partial charge is 0.185 e. The third-order valence-electron chi connectivity index (χ3n) is 5.69. The molecule has 23 heavy (non-hydrogen) atoms. The van der Waals surface area contributed by atoms with E-state index in [4.69, 9.17) is 11.6 Å². The second-order valence-electron chi connectivity index (χ2n) is 6.94. The molecule has 5 rings (SSSR count). The van der Waals surface area contributed by atoms with Crippen LogP contribution < -0.4 is 0 Å². The molecule has 2 aliphatic carbocycles. The summed E-state index contributed by atoms with van der Waals surface area (Å²) >= 11 is 6.60. The molecule has 0 spiro atoms. The minimum Gasteiger partial charge on any atom is -0.191 e. The number of halogens is 1. The van der Waals surface area contributed by atoms with Crippen molar-refractivity contribution in [2.24, 2.45) is 5.92 Å². The highest BCUT2D eigenvalue weighted by atomic mass is 35.5. The van der Waals surface area contributed by atoms with Gasteiger partial charge < -0.3 is 0 Å². The molecule has 2 heterocycles. The molecule has 3 aromatic rings. The number of fused-ring (bicyclic) bond motifs is 3. The first kappa shape index (κ1) is 13.5. The highest BCUT2D eigenvalue weighted by molar-refractivity contribution is 6.30. The fraction of sp³-hybridized carbons (Fsp3) is 0.389. The predicted octanol–water partition coefficient (Wildman–Crippen LogP) is 4.28. The van der Waals surface area contributed by atoms with Crippen molar-refractivity contribution in [3.05, 3.63) is 47.1 Å². The second-order valence-corrected chi connectivity index (χ2v) is 7.29. The monoisotopic (exact) mass is 324 g/mol. The van der Waals surface area contributed by atoms with E-state index < -0.39 is 0 Å². The second kappa shape index (κ2) is 4.78. The van der Waals surface area contributed by atoms with Crippen molar-refractivity contribution in [3.8, 4) is 11.4 Å². The Balaban J connectivity index is 1.67. The van der Waals surface area contributed by atoms with Crippen LogP contribution in [-0.2, 0) is 5.41 Å². The van der Waals surface area contributed by atoms with Crippen LogP contribution in [0.4, 0.5) is 0 Å². The van der Waals surface area contributed by atoms with Crippen LogP contribution >= 0.6 is 11.6 Å². The molecule has 5 heteroatoms. The van der Waals surface area contributed by atoms with Gasteiger partial charge >= 0.3 is 0 Å². The molecule has 0 atom stereocenters. The summed E-state index contributed by atoms with van der Waals surface area (Å²) in [4.78, 5) is 0. The lowest BCUT2D eigenvalue weighted by Crippen LogP contribution is -2.21. The summed E-state index contributed by atoms with van der Waals surface area (Å²) in [5, 5.41) is 13.9. The van der Waals surface area contributed by atoms with E-state index in [2.05, 4.69) is 21.4 Å². The zero-order valence-corrected chi connectivity index (χ0v) is 13.5. The molecule has 2 aromatic heterocycles. The van der Waals surface area contributed by atoms with Crippen molar-refractivity contribution < 1.29 is 0 Å². The minimum atomic E-state index is 0.232. The minimum absolute atomic E-state index is 0.232. The molecule has 4 nitrogen and oxygen atoms in total. The van der Waals surface area contributed by atoms with Gasteiger partial charge in [-0.3, -0.25) is 0 Å². The lowest BCUT2D eigenvalue weighted by molar-refractivity contribution is 0.417. The molecule has 2 saturated carbocycles. The summed E-state index contributed by atoms with van der Waals surface area (Å²) < 4.78 is 1.76. The van der Waals surface area contributed by atoms with Crippen LogP contribution in [0, 0.1) is 5.92 Å². The van der Waals surface area contributed by atoms with Gasteiger partial charge in [-0.1, -0.05) is 41.9 Å². The van der Waals surface area contributed by atoms with Gasteiger partial charge in [0.2, 0.25) is 0 Å². The van der Waals surface area contributed by atoms with E-state index in [1.54, 1.807) is 4.52 Å². The maximum atomic E-state index is 6.60. The standard InChI is InChI=1S/C18H17ClN4/c19-16-14(18-8-6-12(11-18)7-9-18)10-15-20-21-17(23(15)22-16)13-4-2-1-3-5-13/h1-5,10,12H,6-9,11H2. The van der Waals surface area contributed by atoms with Crippen molar-refractivity contribution in [1.82, 2.24) is 19.8 Å². The Hall–Kier alpha value is -1.94. The lowest BCUT2D eigenvalue weighted by Gasteiger charge is -2.27. The van der Waals surface area contributed by atoms with Crippen LogP contribution in [0.15, 0.2) is 36.4 Å². The van der Waals surface area contributed by atoms with Crippen LogP contribution in [0.1, 0.15) is 37.7 Å². The highest BCUT2D eigenvalue weighted by Crippen LogP contribution is 2.56. The molecule has 116 valence electrons. The van der Waals surface area contributed by atoms with Crippen LogP contribution in [0.3, 0.4) is 0 Å². The number of aromatic nitrogens is 4. The molecule has 0 N–H and O–H groups in total. The normalized spacial score (nSPS) is 26.2. The average molecular weight is 325 g/mol. The molecule has 0 saturated heterocycles. The first-order valence-corrected chi connectivity index (χ1v) is 8.61. The van der Waals surface area contributed by atoms with E-state index in [0.29, 0.717) is 5.15 Å². The molecular weight excluding hydrogens is 308 g/mol. The summed E-state index contributed by atoms with van der Waals surface area (Å²) in [6.07, 6.45) is 6.36. The van der Waals surface area contributed by atoms with Crippen molar-refractivity contribution >= 4 is 17.2 Å². The van der Waals surface area contributed by atoms with Gasteiger partial charge in [0.15, 0.2) is 16.6 Å². The van der Waals surface area contributed by atoms with E-state index >= 15 is 0 Å². The Morgan fingerprint density at radius 1 is 1.09 bits per heavy atom. The molecule has 0 amide bonds. The fourth-order valence-electron chi connectivity index (χ4n) is 4.52. The number of nitrogens with zero attached hydrogens (tertiary/aromatic N) is 4. The Morgan fingerprint density at radius 2 is 1.87 bits per heavy atom. The van der Waals surface area contributed by atoms with Crippen molar-refractivity contribution in [1.29, 1.82) is 0 Å². The molecule has 1 aromatic carbocycles. The number of benzene rings is 1. The predicted molar refractivity (Wildman–Crippen MR) is 89.5 cm³/mol. The van der Waals surface area contributed by atoms with Gasteiger partial charge in [0.1, 0.15) is 0 Å². The Kier molecular flexibility index (Phi) is 2.80. The maximum absolute atomic E-state index is 6.60. The molecule has 0 unspecified atom stereocenters. The van der Waals surface area contributed by atoms with Gasteiger partial charge in [-0.15, -0.1) is 10.2 Å². The van der Waals surface area contributed by atoms with Crippen LogP contribution in [0.2, 0.25) is 5.15 Å². The molecule has 0 radical (unpaired) electrons. The van der Waals surface area contributed by atoms with Gasteiger partial charge in [0.05, 0.1) is 0 Å². The molecular formula is C18H17ClN4. The summed E-state index contributed by atoms with van der Waals surface area (Å²) in [6.45, 7) is 0. The summed E-state index contributed by atoms with van der Waals surface area (Å²) in [6, 6.07) is 12.1. The third-order valence-corrected chi connectivity index (χ3v) is 5.97. The van der Waals surface area contributed by atoms with Gasteiger partial charge in [-0.25, -0.2) is 0 Å². The number of rotatable bonds is 2. The van der Waals surface area contributed by atoms with E-state index in [0.717, 1.165) is 23.0 Å². The first-order chi connectivity index (χ1) is 11.3. The number of hydrogen-bond donors (Lipinski definition) is 0. The average Bonchev–Trinajstić information content (AvgIpc) is 3.29. The van der Waals surface area contributed by atoms with Crippen LogP contribution in [0.5, 0.6) is 0 Å². The topological polar surface area (TPSA) is 43.1 Å². The summed E-state index contributed by atoms with van der Waals surface area (Å²) in [5.41, 5.74) is 3.19. The zero-order valence-electron chi connectivity index (χ0n) is 12.7. The van der Waals surface area contributed by atoms with E-state index in [1.165, 1.54) is 37.7 Å². The largest absolute Gasteiger partial charge is 0.191 e. The quantitative estimate of drug-likeness (QED) is 0.706. The molecule has 2 fully saturated rings.